The highest BCUT2D eigenvalue weighted by Crippen LogP contribution is 2.19. The van der Waals surface area contributed by atoms with E-state index in [9.17, 15) is 4.79 Å². The van der Waals surface area contributed by atoms with E-state index >= 15 is 0 Å². The maximum Gasteiger partial charge on any atom is 0.119 e. The van der Waals surface area contributed by atoms with Crippen LogP contribution in [0.15, 0.2) is 52.7 Å². The van der Waals surface area contributed by atoms with E-state index in [1.165, 1.54) is 0 Å². The zero-order valence-corrected chi connectivity index (χ0v) is 15.1. The first kappa shape index (κ1) is 19.5. The summed E-state index contributed by atoms with van der Waals surface area (Å²) in [6.07, 6.45) is 13.9. The fourth-order valence-corrected chi connectivity index (χ4v) is 2.62. The topological polar surface area (TPSA) is 70.5 Å². The number of hydrogen-bond donors (Lipinski definition) is 1. The second-order valence-corrected chi connectivity index (χ2v) is 6.07. The number of benzene rings is 1. The molecule has 0 spiro atoms. The smallest absolute Gasteiger partial charge is 0.119 e. The van der Waals surface area contributed by atoms with Gasteiger partial charge in [0.05, 0.1) is 18.4 Å². The van der Waals surface area contributed by atoms with E-state index in [-0.39, 0.29) is 0 Å². The SMILES string of the molecule is C=N/C=C\C=NCc1ccc(-c2cnc(CCCCCCC=O)[nH]2)cc1. The zero-order chi connectivity index (χ0) is 18.5. The molecule has 26 heavy (non-hydrogen) atoms. The number of aldehydes is 1. The molecule has 1 heterocycles. The first-order valence-corrected chi connectivity index (χ1v) is 9.01. The van der Waals surface area contributed by atoms with Crippen molar-refractivity contribution < 1.29 is 4.79 Å². The molecule has 0 saturated carbocycles. The minimum atomic E-state index is 0.639. The van der Waals surface area contributed by atoms with Gasteiger partial charge in [0.15, 0.2) is 0 Å². The number of aryl methyl sites for hydroxylation is 1. The van der Waals surface area contributed by atoms with Crippen LogP contribution >= 0.6 is 0 Å². The van der Waals surface area contributed by atoms with Crippen LogP contribution in [0.25, 0.3) is 11.3 Å². The Bertz CT molecular complexity index is 729. The Balaban J connectivity index is 1.80. The molecule has 1 N–H and O–H groups in total. The van der Waals surface area contributed by atoms with Gasteiger partial charge >= 0.3 is 0 Å². The van der Waals surface area contributed by atoms with E-state index in [2.05, 4.69) is 50.9 Å². The number of aliphatic imine (C=N–C) groups is 2. The maximum absolute atomic E-state index is 10.3. The van der Waals surface area contributed by atoms with Crippen LogP contribution in [0.1, 0.15) is 43.5 Å². The van der Waals surface area contributed by atoms with Crippen LogP contribution in [0.3, 0.4) is 0 Å². The molecule has 2 aromatic rings. The highest BCUT2D eigenvalue weighted by atomic mass is 16.1. The Hall–Kier alpha value is -2.82. The molecule has 0 atom stereocenters. The van der Waals surface area contributed by atoms with E-state index < -0.39 is 0 Å². The van der Waals surface area contributed by atoms with Crippen molar-refractivity contribution in [2.75, 3.05) is 0 Å². The molecule has 5 heteroatoms. The molecule has 1 aromatic heterocycles. The zero-order valence-electron chi connectivity index (χ0n) is 15.1. The second kappa shape index (κ2) is 11.7. The van der Waals surface area contributed by atoms with E-state index in [0.29, 0.717) is 13.0 Å². The summed E-state index contributed by atoms with van der Waals surface area (Å²) in [5, 5.41) is 0. The fourth-order valence-electron chi connectivity index (χ4n) is 2.62. The van der Waals surface area contributed by atoms with Gasteiger partial charge in [-0.2, -0.15) is 0 Å². The van der Waals surface area contributed by atoms with Crippen LogP contribution in [0.4, 0.5) is 0 Å². The number of aromatic amines is 1. The third-order valence-corrected chi connectivity index (χ3v) is 4.04. The molecule has 0 unspecified atom stereocenters. The van der Waals surface area contributed by atoms with Gasteiger partial charge in [0.25, 0.3) is 0 Å². The number of hydrogen-bond acceptors (Lipinski definition) is 4. The van der Waals surface area contributed by atoms with Crippen molar-refractivity contribution in [1.29, 1.82) is 0 Å². The van der Waals surface area contributed by atoms with Crippen molar-refractivity contribution in [3.05, 3.63) is 54.1 Å². The van der Waals surface area contributed by atoms with Crippen molar-refractivity contribution in [1.82, 2.24) is 9.97 Å². The van der Waals surface area contributed by atoms with Crippen molar-refractivity contribution in [2.45, 2.75) is 45.1 Å². The predicted octanol–water partition coefficient (Wildman–Crippen LogP) is 4.55. The second-order valence-electron chi connectivity index (χ2n) is 6.07. The first-order valence-electron chi connectivity index (χ1n) is 9.01. The third kappa shape index (κ3) is 6.97. The maximum atomic E-state index is 10.3. The highest BCUT2D eigenvalue weighted by Gasteiger charge is 2.03. The molecule has 0 aliphatic heterocycles. The Morgan fingerprint density at radius 3 is 2.69 bits per heavy atom. The van der Waals surface area contributed by atoms with Gasteiger partial charge < -0.3 is 9.78 Å². The minimum absolute atomic E-state index is 0.639. The van der Waals surface area contributed by atoms with Crippen LogP contribution in [-0.4, -0.2) is 29.2 Å². The fraction of sp³-hybridized carbons (Fsp3) is 0.333. The van der Waals surface area contributed by atoms with Gasteiger partial charge in [0, 0.05) is 25.3 Å². The number of imidazole rings is 1. The van der Waals surface area contributed by atoms with Crippen LogP contribution in [0.2, 0.25) is 0 Å². The van der Waals surface area contributed by atoms with Gasteiger partial charge in [0.1, 0.15) is 12.1 Å². The highest BCUT2D eigenvalue weighted by molar-refractivity contribution is 5.71. The summed E-state index contributed by atoms with van der Waals surface area (Å²) >= 11 is 0. The standard InChI is InChI=1S/C21H26N4O/c1-22-13-7-14-23-16-18-9-11-19(12-10-18)20-17-24-21(25-20)8-5-3-2-4-6-15-26/h7,9-15,17H,1-6,8,16H2,(H,24,25)/b13-7-,23-14?. The number of carbonyl (C=O) groups excluding carboxylic acids is 1. The molecule has 0 saturated heterocycles. The van der Waals surface area contributed by atoms with Gasteiger partial charge in [-0.3, -0.25) is 9.98 Å². The van der Waals surface area contributed by atoms with Crippen LogP contribution in [0, 0.1) is 0 Å². The number of H-pyrrole nitrogens is 1. The molecular weight excluding hydrogens is 324 g/mol. The van der Waals surface area contributed by atoms with Crippen molar-refractivity contribution in [2.24, 2.45) is 9.98 Å². The number of nitrogens with one attached hydrogen (secondary N) is 1. The van der Waals surface area contributed by atoms with Gasteiger partial charge in [-0.25, -0.2) is 4.98 Å². The Kier molecular flexibility index (Phi) is 8.77. The summed E-state index contributed by atoms with van der Waals surface area (Å²) in [7, 11) is 0. The largest absolute Gasteiger partial charge is 0.342 e. The molecule has 0 bridgehead atoms. The Morgan fingerprint density at radius 1 is 1.12 bits per heavy atom. The molecular formula is C21H26N4O. The summed E-state index contributed by atoms with van der Waals surface area (Å²) in [6.45, 7) is 4.01. The molecule has 136 valence electrons. The number of aromatic nitrogens is 2. The predicted molar refractivity (Wildman–Crippen MR) is 108 cm³/mol. The van der Waals surface area contributed by atoms with Crippen molar-refractivity contribution in [3.8, 4) is 11.3 Å². The molecule has 5 nitrogen and oxygen atoms in total. The number of carbonyl (C=O) groups is 1. The molecule has 0 amide bonds. The molecule has 2 rings (SSSR count). The summed E-state index contributed by atoms with van der Waals surface area (Å²) in [5.74, 6) is 1.02. The Morgan fingerprint density at radius 2 is 1.92 bits per heavy atom. The minimum Gasteiger partial charge on any atom is -0.342 e. The lowest BCUT2D eigenvalue weighted by molar-refractivity contribution is -0.107. The van der Waals surface area contributed by atoms with E-state index in [0.717, 1.165) is 61.0 Å². The number of unbranched alkanes of at least 4 members (excludes halogenated alkanes) is 4. The van der Waals surface area contributed by atoms with Gasteiger partial charge in [-0.05, 0) is 36.8 Å². The molecule has 0 aliphatic carbocycles. The molecule has 1 aromatic carbocycles. The third-order valence-electron chi connectivity index (χ3n) is 4.04. The monoisotopic (exact) mass is 350 g/mol. The number of allylic oxidation sites excluding steroid dienone is 1. The van der Waals surface area contributed by atoms with Crippen molar-refractivity contribution in [3.63, 3.8) is 0 Å². The number of nitrogens with zero attached hydrogens (tertiary/aromatic N) is 3. The summed E-state index contributed by atoms with van der Waals surface area (Å²) in [4.78, 5) is 26.1. The molecule has 0 aliphatic rings. The molecule has 0 fully saturated rings. The lowest BCUT2D eigenvalue weighted by atomic mass is 10.1. The van der Waals surface area contributed by atoms with Gasteiger partial charge in [-0.15, -0.1) is 0 Å². The van der Waals surface area contributed by atoms with Crippen LogP contribution < -0.4 is 0 Å². The lowest BCUT2D eigenvalue weighted by Crippen LogP contribution is -1.89. The van der Waals surface area contributed by atoms with E-state index in [1.54, 1.807) is 18.5 Å². The van der Waals surface area contributed by atoms with Gasteiger partial charge in [-0.1, -0.05) is 37.1 Å². The van der Waals surface area contributed by atoms with Crippen molar-refractivity contribution >= 4 is 19.2 Å². The van der Waals surface area contributed by atoms with E-state index in [1.807, 2.05) is 6.20 Å². The van der Waals surface area contributed by atoms with E-state index in [4.69, 9.17) is 0 Å². The first-order chi connectivity index (χ1) is 12.8. The summed E-state index contributed by atoms with van der Waals surface area (Å²) in [5.41, 5.74) is 3.31. The summed E-state index contributed by atoms with van der Waals surface area (Å²) < 4.78 is 0. The number of rotatable bonds is 12. The lowest BCUT2D eigenvalue weighted by Gasteiger charge is -2.01. The Labute approximate surface area is 155 Å². The molecule has 0 radical (unpaired) electrons. The quantitative estimate of drug-likeness (QED) is 0.346. The van der Waals surface area contributed by atoms with Gasteiger partial charge in [0.2, 0.25) is 0 Å². The average molecular weight is 350 g/mol. The van der Waals surface area contributed by atoms with Crippen LogP contribution in [-0.2, 0) is 17.8 Å². The average Bonchev–Trinajstić information content (AvgIpc) is 3.14. The normalized spacial score (nSPS) is 11.4. The summed E-state index contributed by atoms with van der Waals surface area (Å²) in [6, 6.07) is 8.33. The van der Waals surface area contributed by atoms with Crippen LogP contribution in [0.5, 0.6) is 0 Å².